The highest BCUT2D eigenvalue weighted by Crippen LogP contribution is 2.66. The van der Waals surface area contributed by atoms with Crippen LogP contribution >= 0.6 is 0 Å². The van der Waals surface area contributed by atoms with Gasteiger partial charge in [-0.15, -0.1) is 0 Å². The molecule has 0 aromatic rings. The first kappa shape index (κ1) is 15.5. The van der Waals surface area contributed by atoms with Crippen molar-refractivity contribution in [2.45, 2.75) is 77.8 Å². The van der Waals surface area contributed by atoms with Crippen LogP contribution in [0.3, 0.4) is 0 Å². The lowest BCUT2D eigenvalue weighted by Crippen LogP contribution is -2.54. The van der Waals surface area contributed by atoms with E-state index < -0.39 is 8.56 Å². The molecule has 0 radical (unpaired) electrons. The predicted molar refractivity (Wildman–Crippen MR) is 82.5 cm³/mol. The molecule has 2 saturated carbocycles. The minimum Gasteiger partial charge on any atom is -0.394 e. The molecule has 0 spiro atoms. The molecule has 2 rings (SSSR count). The molecule has 19 heavy (non-hydrogen) atoms. The van der Waals surface area contributed by atoms with Gasteiger partial charge < -0.3 is 8.85 Å². The third-order valence-electron chi connectivity index (χ3n) is 5.07. The molecule has 2 fully saturated rings. The number of fused-ring (bicyclic) bond motifs is 2. The molecule has 3 heteroatoms. The molecule has 0 unspecified atom stereocenters. The van der Waals surface area contributed by atoms with Gasteiger partial charge in [-0.05, 0) is 50.5 Å². The van der Waals surface area contributed by atoms with Gasteiger partial charge in [-0.3, -0.25) is 0 Å². The first-order chi connectivity index (χ1) is 8.86. The second kappa shape index (κ2) is 5.49. The summed E-state index contributed by atoms with van der Waals surface area (Å²) in [6.07, 6.45) is 6.94. The molecule has 0 atom stereocenters. The average molecular weight is 285 g/mol. The zero-order valence-corrected chi connectivity index (χ0v) is 14.6. The summed E-state index contributed by atoms with van der Waals surface area (Å²) in [4.78, 5) is 0. The third-order valence-corrected chi connectivity index (χ3v) is 10.4. The minimum atomic E-state index is -2.11. The molecule has 0 aromatic carbocycles. The molecular formula is C16H32O2Si. The number of rotatable bonds is 6. The topological polar surface area (TPSA) is 18.5 Å². The molecular weight excluding hydrogens is 252 g/mol. The van der Waals surface area contributed by atoms with E-state index in [1.807, 2.05) is 0 Å². The van der Waals surface area contributed by atoms with Crippen molar-refractivity contribution < 1.29 is 8.85 Å². The van der Waals surface area contributed by atoms with Crippen LogP contribution in [0.15, 0.2) is 0 Å². The van der Waals surface area contributed by atoms with E-state index in [2.05, 4.69) is 34.6 Å². The zero-order chi connectivity index (χ0) is 14.1. The van der Waals surface area contributed by atoms with E-state index in [1.54, 1.807) is 0 Å². The van der Waals surface area contributed by atoms with Crippen LogP contribution in [0.2, 0.25) is 11.1 Å². The Bertz CT molecular complexity index is 294. The van der Waals surface area contributed by atoms with Crippen LogP contribution in [0.25, 0.3) is 0 Å². The van der Waals surface area contributed by atoms with Gasteiger partial charge in [0.1, 0.15) is 0 Å². The van der Waals surface area contributed by atoms with Crippen LogP contribution in [0, 0.1) is 11.3 Å². The fourth-order valence-electron chi connectivity index (χ4n) is 4.53. The van der Waals surface area contributed by atoms with Crippen molar-refractivity contribution in [3.63, 3.8) is 0 Å². The molecule has 0 heterocycles. The van der Waals surface area contributed by atoms with E-state index in [9.17, 15) is 0 Å². The smallest absolute Gasteiger partial charge is 0.345 e. The van der Waals surface area contributed by atoms with Crippen LogP contribution in [0.4, 0.5) is 0 Å². The highest BCUT2D eigenvalue weighted by Gasteiger charge is 2.63. The maximum absolute atomic E-state index is 6.47. The maximum atomic E-state index is 6.47. The van der Waals surface area contributed by atoms with Crippen LogP contribution in [0.1, 0.15) is 66.7 Å². The number of hydrogen-bond acceptors (Lipinski definition) is 2. The van der Waals surface area contributed by atoms with Gasteiger partial charge in [-0.2, -0.15) is 0 Å². The van der Waals surface area contributed by atoms with Crippen molar-refractivity contribution in [2.75, 3.05) is 13.2 Å². The SMILES string of the molecule is CCO[Si](CC(C)(C)C)(OCC)C12CCC(CC1)C2. The first-order valence-corrected chi connectivity index (χ1v) is 10.2. The largest absolute Gasteiger partial charge is 0.394 e. The van der Waals surface area contributed by atoms with Gasteiger partial charge in [-0.1, -0.05) is 33.6 Å². The Morgan fingerprint density at radius 1 is 1.05 bits per heavy atom. The molecule has 0 aromatic heterocycles. The van der Waals surface area contributed by atoms with Gasteiger partial charge in [0, 0.05) is 18.3 Å². The van der Waals surface area contributed by atoms with Gasteiger partial charge >= 0.3 is 8.56 Å². The van der Waals surface area contributed by atoms with Crippen molar-refractivity contribution in [2.24, 2.45) is 11.3 Å². The van der Waals surface area contributed by atoms with Gasteiger partial charge in [0.05, 0.1) is 0 Å². The second-order valence-electron chi connectivity index (χ2n) is 7.78. The van der Waals surface area contributed by atoms with E-state index in [0.717, 1.165) is 25.2 Å². The summed E-state index contributed by atoms with van der Waals surface area (Å²) >= 11 is 0. The molecule has 2 aliphatic carbocycles. The maximum Gasteiger partial charge on any atom is 0.345 e. The summed E-state index contributed by atoms with van der Waals surface area (Å²) < 4.78 is 12.9. The van der Waals surface area contributed by atoms with Crippen molar-refractivity contribution in [3.05, 3.63) is 0 Å². The van der Waals surface area contributed by atoms with E-state index >= 15 is 0 Å². The number of hydrogen-bond donors (Lipinski definition) is 0. The molecule has 112 valence electrons. The van der Waals surface area contributed by atoms with E-state index in [-0.39, 0.29) is 0 Å². The van der Waals surface area contributed by atoms with Crippen LogP contribution in [0.5, 0.6) is 0 Å². The predicted octanol–water partition coefficient (Wildman–Crippen LogP) is 4.88. The first-order valence-electron chi connectivity index (χ1n) is 8.14. The normalized spacial score (nSPS) is 31.1. The highest BCUT2D eigenvalue weighted by molar-refractivity contribution is 6.71. The zero-order valence-electron chi connectivity index (χ0n) is 13.6. The molecule has 0 N–H and O–H groups in total. The highest BCUT2D eigenvalue weighted by atomic mass is 28.4. The molecule has 0 aliphatic heterocycles. The lowest BCUT2D eigenvalue weighted by Gasteiger charge is -2.46. The Kier molecular flexibility index (Phi) is 4.49. The summed E-state index contributed by atoms with van der Waals surface area (Å²) in [6.45, 7) is 12.9. The van der Waals surface area contributed by atoms with Crippen molar-refractivity contribution in [1.82, 2.24) is 0 Å². The van der Waals surface area contributed by atoms with Gasteiger partial charge in [-0.25, -0.2) is 0 Å². The lowest BCUT2D eigenvalue weighted by atomic mass is 9.99. The Balaban J connectivity index is 2.30. The Labute approximate surface area is 120 Å². The van der Waals surface area contributed by atoms with Crippen LogP contribution in [-0.4, -0.2) is 21.8 Å². The standard InChI is InChI=1S/C16H32O2Si/c1-6-17-19(18-7-2,13-15(3,4)5)16-10-8-14(12-16)9-11-16/h14H,6-13H2,1-5H3. The average Bonchev–Trinajstić information content (AvgIpc) is 2.88. The fraction of sp³-hybridized carbons (Fsp3) is 1.00. The summed E-state index contributed by atoms with van der Waals surface area (Å²) in [6, 6.07) is 1.15. The monoisotopic (exact) mass is 284 g/mol. The Morgan fingerprint density at radius 3 is 1.89 bits per heavy atom. The van der Waals surface area contributed by atoms with Crippen molar-refractivity contribution >= 4 is 8.56 Å². The van der Waals surface area contributed by atoms with Gasteiger partial charge in [0.15, 0.2) is 0 Å². The van der Waals surface area contributed by atoms with Crippen molar-refractivity contribution in [1.29, 1.82) is 0 Å². The Morgan fingerprint density at radius 2 is 1.58 bits per heavy atom. The van der Waals surface area contributed by atoms with E-state index in [4.69, 9.17) is 8.85 Å². The quantitative estimate of drug-likeness (QED) is 0.647. The van der Waals surface area contributed by atoms with Crippen molar-refractivity contribution in [3.8, 4) is 0 Å². The summed E-state index contributed by atoms with van der Waals surface area (Å²) in [5.74, 6) is 0.966. The summed E-state index contributed by atoms with van der Waals surface area (Å²) in [5.41, 5.74) is 0.298. The Hall–Kier alpha value is 0.137. The van der Waals surface area contributed by atoms with Crippen LogP contribution < -0.4 is 0 Å². The van der Waals surface area contributed by atoms with Crippen LogP contribution in [-0.2, 0) is 8.85 Å². The summed E-state index contributed by atoms with van der Waals surface area (Å²) in [7, 11) is -2.11. The van der Waals surface area contributed by atoms with E-state index in [0.29, 0.717) is 10.5 Å². The molecule has 0 amide bonds. The van der Waals surface area contributed by atoms with E-state index in [1.165, 1.54) is 32.1 Å². The van der Waals surface area contributed by atoms with Gasteiger partial charge in [0.25, 0.3) is 0 Å². The molecule has 2 bridgehead atoms. The fourth-order valence-corrected chi connectivity index (χ4v) is 9.78. The lowest BCUT2D eigenvalue weighted by molar-refractivity contribution is 0.139. The molecule has 2 nitrogen and oxygen atoms in total. The third kappa shape index (κ3) is 2.93. The minimum absolute atomic E-state index is 0.298. The summed E-state index contributed by atoms with van der Waals surface area (Å²) in [5, 5.41) is 0.428. The molecule has 2 aliphatic rings. The molecule has 0 saturated heterocycles. The second-order valence-corrected chi connectivity index (χ2v) is 11.3. The van der Waals surface area contributed by atoms with Gasteiger partial charge in [0.2, 0.25) is 0 Å².